The summed E-state index contributed by atoms with van der Waals surface area (Å²) in [7, 11) is 0. The maximum atomic E-state index is 3.86. The summed E-state index contributed by atoms with van der Waals surface area (Å²) in [5.41, 5.74) is 2.65. The smallest absolute Gasteiger partial charge is 0.0354 e. The van der Waals surface area contributed by atoms with Crippen LogP contribution in [0.3, 0.4) is 0 Å². The topological polar surface area (TPSA) is 0 Å². The lowest BCUT2D eigenvalue weighted by Gasteiger charge is -1.97. The predicted octanol–water partition coefficient (Wildman–Crippen LogP) is 5.19. The summed E-state index contributed by atoms with van der Waals surface area (Å²) in [5.74, 6) is 0. The van der Waals surface area contributed by atoms with Crippen LogP contribution < -0.4 is 0 Å². The number of rotatable bonds is 1. The number of fused-ring (bicyclic) bond motifs is 1. The molecule has 0 amide bonds. The van der Waals surface area contributed by atoms with Crippen LogP contribution in [0.15, 0.2) is 24.8 Å². The summed E-state index contributed by atoms with van der Waals surface area (Å²) in [4.78, 5) is 1.36. The quantitative estimate of drug-likeness (QED) is 0.618. The predicted molar refractivity (Wildman–Crippen MR) is 72.7 cm³/mol. The minimum Gasteiger partial charge on any atom is -0.140 e. The van der Waals surface area contributed by atoms with Crippen LogP contribution in [0.1, 0.15) is 29.9 Å². The molecule has 2 rings (SSSR count). The minimum atomic E-state index is 1.30. The van der Waals surface area contributed by atoms with E-state index < -0.39 is 0 Å². The van der Waals surface area contributed by atoms with Gasteiger partial charge in [-0.1, -0.05) is 38.6 Å². The molecule has 0 spiro atoms. The van der Waals surface area contributed by atoms with E-state index in [0.717, 1.165) is 0 Å². The molecule has 0 atom stereocenters. The van der Waals surface area contributed by atoms with Crippen LogP contribution in [0.4, 0.5) is 0 Å². The highest BCUT2D eigenvalue weighted by atomic mass is 32.1. The van der Waals surface area contributed by atoms with Crippen molar-refractivity contribution < 1.29 is 0 Å². The highest BCUT2D eigenvalue weighted by Crippen LogP contribution is 2.33. The number of hydrogen-bond donors (Lipinski definition) is 0. The normalized spacial score (nSPS) is 9.60. The molecule has 1 aromatic heterocycles. The molecule has 1 aromatic carbocycles. The standard InChI is InChI=1S/C12H12S.C2H6/c1-4-10-9(3)13-11-7-5-6-8(2)12(10)11;1-2/h4-7H,1H2,2-3H3;1-2H3. The van der Waals surface area contributed by atoms with Crippen molar-refractivity contribution in [2.75, 3.05) is 0 Å². The molecule has 0 N–H and O–H groups in total. The Hall–Kier alpha value is -1.08. The van der Waals surface area contributed by atoms with E-state index in [2.05, 4.69) is 38.6 Å². The van der Waals surface area contributed by atoms with Crippen molar-refractivity contribution in [3.8, 4) is 0 Å². The Bertz CT molecular complexity index is 463. The third-order valence-corrected chi connectivity index (χ3v) is 3.44. The van der Waals surface area contributed by atoms with Crippen molar-refractivity contribution in [2.24, 2.45) is 0 Å². The van der Waals surface area contributed by atoms with Crippen molar-refractivity contribution in [2.45, 2.75) is 27.7 Å². The van der Waals surface area contributed by atoms with E-state index in [1.165, 1.54) is 26.1 Å². The van der Waals surface area contributed by atoms with Gasteiger partial charge in [0.2, 0.25) is 0 Å². The van der Waals surface area contributed by atoms with Gasteiger partial charge in [-0.05, 0) is 31.0 Å². The molecular formula is C14H18S. The van der Waals surface area contributed by atoms with Crippen molar-refractivity contribution in [1.82, 2.24) is 0 Å². The number of aryl methyl sites for hydroxylation is 2. The molecule has 0 radical (unpaired) electrons. The fourth-order valence-corrected chi connectivity index (χ4v) is 2.86. The third-order valence-electron chi connectivity index (χ3n) is 2.35. The van der Waals surface area contributed by atoms with E-state index in [1.54, 1.807) is 0 Å². The molecule has 1 heterocycles. The Morgan fingerprint density at radius 2 is 1.87 bits per heavy atom. The summed E-state index contributed by atoms with van der Waals surface area (Å²) < 4.78 is 1.37. The fourth-order valence-electron chi connectivity index (χ4n) is 1.71. The Labute approximate surface area is 96.3 Å². The van der Waals surface area contributed by atoms with Crippen molar-refractivity contribution in [3.05, 3.63) is 40.8 Å². The highest BCUT2D eigenvalue weighted by Gasteiger charge is 2.06. The van der Waals surface area contributed by atoms with Crippen LogP contribution in [0, 0.1) is 13.8 Å². The van der Waals surface area contributed by atoms with Crippen LogP contribution in [0.25, 0.3) is 16.2 Å². The zero-order valence-electron chi connectivity index (χ0n) is 9.92. The molecular weight excluding hydrogens is 200 g/mol. The van der Waals surface area contributed by atoms with Gasteiger partial charge < -0.3 is 0 Å². The molecule has 0 bridgehead atoms. The zero-order valence-corrected chi connectivity index (χ0v) is 10.7. The van der Waals surface area contributed by atoms with Gasteiger partial charge in [0.1, 0.15) is 0 Å². The van der Waals surface area contributed by atoms with Gasteiger partial charge in [-0.2, -0.15) is 0 Å². The molecule has 0 saturated carbocycles. The SMILES string of the molecule is C=Cc1c(C)sc2cccc(C)c12.CC. The second kappa shape index (κ2) is 5.13. The first-order valence-corrected chi connectivity index (χ1v) is 6.17. The van der Waals surface area contributed by atoms with E-state index in [-0.39, 0.29) is 0 Å². The number of benzene rings is 1. The molecule has 0 nitrogen and oxygen atoms in total. The van der Waals surface area contributed by atoms with Gasteiger partial charge in [0.15, 0.2) is 0 Å². The molecule has 0 fully saturated rings. The second-order valence-corrected chi connectivity index (χ2v) is 4.48. The lowest BCUT2D eigenvalue weighted by Crippen LogP contribution is -1.76. The van der Waals surface area contributed by atoms with E-state index in [9.17, 15) is 0 Å². The van der Waals surface area contributed by atoms with E-state index in [4.69, 9.17) is 0 Å². The van der Waals surface area contributed by atoms with Crippen molar-refractivity contribution >= 4 is 27.5 Å². The van der Waals surface area contributed by atoms with E-state index in [1.807, 2.05) is 31.3 Å². The summed E-state index contributed by atoms with van der Waals surface area (Å²) in [6.45, 7) is 12.2. The first kappa shape index (κ1) is 12.0. The largest absolute Gasteiger partial charge is 0.140 e. The monoisotopic (exact) mass is 218 g/mol. The summed E-state index contributed by atoms with van der Waals surface area (Å²) in [6.07, 6.45) is 1.96. The van der Waals surface area contributed by atoms with Gasteiger partial charge >= 0.3 is 0 Å². The molecule has 0 aliphatic heterocycles. The second-order valence-electron chi connectivity index (χ2n) is 3.22. The number of hydrogen-bond acceptors (Lipinski definition) is 1. The Morgan fingerprint density at radius 1 is 1.20 bits per heavy atom. The average Bonchev–Trinajstić information content (AvgIpc) is 2.58. The molecule has 0 unspecified atom stereocenters. The lowest BCUT2D eigenvalue weighted by molar-refractivity contribution is 1.50. The molecule has 15 heavy (non-hydrogen) atoms. The maximum Gasteiger partial charge on any atom is 0.0354 e. The van der Waals surface area contributed by atoms with Gasteiger partial charge in [0.05, 0.1) is 0 Å². The van der Waals surface area contributed by atoms with Gasteiger partial charge in [0, 0.05) is 15.0 Å². The molecule has 2 aromatic rings. The zero-order chi connectivity index (χ0) is 11.4. The van der Waals surface area contributed by atoms with Crippen LogP contribution in [0.5, 0.6) is 0 Å². The fraction of sp³-hybridized carbons (Fsp3) is 0.286. The maximum absolute atomic E-state index is 3.86. The van der Waals surface area contributed by atoms with Gasteiger partial charge in [-0.15, -0.1) is 11.3 Å². The highest BCUT2D eigenvalue weighted by molar-refractivity contribution is 7.19. The Kier molecular flexibility index (Phi) is 4.10. The molecule has 80 valence electrons. The van der Waals surface area contributed by atoms with Gasteiger partial charge in [-0.3, -0.25) is 0 Å². The molecule has 0 saturated heterocycles. The third kappa shape index (κ3) is 2.13. The summed E-state index contributed by atoms with van der Waals surface area (Å²) in [5, 5.41) is 1.38. The molecule has 1 heteroatoms. The first-order valence-electron chi connectivity index (χ1n) is 5.35. The Morgan fingerprint density at radius 3 is 2.47 bits per heavy atom. The molecule has 0 aliphatic carbocycles. The molecule has 0 aliphatic rings. The van der Waals surface area contributed by atoms with Crippen LogP contribution in [-0.2, 0) is 0 Å². The van der Waals surface area contributed by atoms with Crippen molar-refractivity contribution in [1.29, 1.82) is 0 Å². The van der Waals surface area contributed by atoms with E-state index in [0.29, 0.717) is 0 Å². The summed E-state index contributed by atoms with van der Waals surface area (Å²) >= 11 is 1.85. The van der Waals surface area contributed by atoms with Crippen LogP contribution >= 0.6 is 11.3 Å². The average molecular weight is 218 g/mol. The van der Waals surface area contributed by atoms with Gasteiger partial charge in [-0.25, -0.2) is 0 Å². The van der Waals surface area contributed by atoms with Crippen LogP contribution in [-0.4, -0.2) is 0 Å². The van der Waals surface area contributed by atoms with E-state index >= 15 is 0 Å². The van der Waals surface area contributed by atoms with Crippen LogP contribution in [0.2, 0.25) is 0 Å². The van der Waals surface area contributed by atoms with Gasteiger partial charge in [0.25, 0.3) is 0 Å². The Balaban J connectivity index is 0.000000531. The number of thiophene rings is 1. The summed E-state index contributed by atoms with van der Waals surface area (Å²) in [6, 6.07) is 6.44. The first-order chi connectivity index (χ1) is 7.24. The minimum absolute atomic E-state index is 1.30. The lowest BCUT2D eigenvalue weighted by atomic mass is 10.1. The van der Waals surface area contributed by atoms with Crippen molar-refractivity contribution in [3.63, 3.8) is 0 Å².